The van der Waals surface area contributed by atoms with Crippen LogP contribution in [0.4, 0.5) is 5.69 Å². The fourth-order valence-electron chi connectivity index (χ4n) is 1.85. The zero-order chi connectivity index (χ0) is 17.7. The Bertz CT molecular complexity index is 770. The van der Waals surface area contributed by atoms with E-state index in [0.717, 1.165) is 0 Å². The summed E-state index contributed by atoms with van der Waals surface area (Å²) in [5.74, 6) is 0.261. The Morgan fingerprint density at radius 1 is 1.42 bits per heavy atom. The first-order chi connectivity index (χ1) is 11.5. The van der Waals surface area contributed by atoms with Gasteiger partial charge < -0.3 is 14.8 Å². The highest BCUT2D eigenvalue weighted by Gasteiger charge is 2.19. The number of rotatable bonds is 6. The van der Waals surface area contributed by atoms with Crippen LogP contribution in [0.1, 0.15) is 17.3 Å². The number of halogens is 2. The zero-order valence-corrected chi connectivity index (χ0v) is 15.2. The molecule has 0 aliphatic carbocycles. The van der Waals surface area contributed by atoms with Crippen LogP contribution in [0.2, 0.25) is 5.15 Å². The molecule has 0 fully saturated rings. The molecular weight excluding hydrogens is 400 g/mol. The summed E-state index contributed by atoms with van der Waals surface area (Å²) >= 11 is 9.17. The minimum Gasteiger partial charge on any atom is -0.493 e. The fourth-order valence-corrected chi connectivity index (χ4v) is 2.43. The second-order valence-electron chi connectivity index (χ2n) is 4.73. The van der Waals surface area contributed by atoms with Gasteiger partial charge in [0.15, 0.2) is 29.0 Å². The van der Waals surface area contributed by atoms with Gasteiger partial charge in [-0.1, -0.05) is 11.6 Å². The van der Waals surface area contributed by atoms with Crippen LogP contribution in [-0.4, -0.2) is 30.4 Å². The molecule has 0 aliphatic heterocycles. The Morgan fingerprint density at radius 3 is 2.79 bits per heavy atom. The van der Waals surface area contributed by atoms with E-state index in [-0.39, 0.29) is 10.9 Å². The normalized spacial score (nSPS) is 11.5. The highest BCUT2D eigenvalue weighted by atomic mass is 79.9. The largest absolute Gasteiger partial charge is 0.493 e. The molecule has 24 heavy (non-hydrogen) atoms. The van der Waals surface area contributed by atoms with E-state index in [9.17, 15) is 9.59 Å². The van der Waals surface area contributed by atoms with E-state index in [2.05, 4.69) is 26.2 Å². The third-order valence-electron chi connectivity index (χ3n) is 3.10. The minimum absolute atomic E-state index is 0.183. The highest BCUT2D eigenvalue weighted by Crippen LogP contribution is 2.33. The number of pyridine rings is 1. The maximum Gasteiger partial charge on any atom is 0.265 e. The number of benzene rings is 1. The van der Waals surface area contributed by atoms with Gasteiger partial charge in [0.25, 0.3) is 5.91 Å². The smallest absolute Gasteiger partial charge is 0.265 e. The SMILES string of the molecule is COc1cc(Br)c(C=O)cc1O[C@@H](C)C(=O)Nc1cccnc1Cl. The lowest BCUT2D eigenvalue weighted by Crippen LogP contribution is -2.30. The van der Waals surface area contributed by atoms with E-state index < -0.39 is 12.0 Å². The second-order valence-corrected chi connectivity index (χ2v) is 5.95. The van der Waals surface area contributed by atoms with Crippen molar-refractivity contribution >= 4 is 45.4 Å². The van der Waals surface area contributed by atoms with E-state index in [1.807, 2.05) is 0 Å². The number of anilines is 1. The summed E-state index contributed by atoms with van der Waals surface area (Å²) in [6.07, 6.45) is 1.35. The summed E-state index contributed by atoms with van der Waals surface area (Å²) in [5.41, 5.74) is 0.768. The Kier molecular flexibility index (Phi) is 6.16. The molecule has 126 valence electrons. The van der Waals surface area contributed by atoms with Crippen molar-refractivity contribution < 1.29 is 19.1 Å². The molecule has 2 aromatic rings. The molecule has 1 aromatic heterocycles. The van der Waals surface area contributed by atoms with Gasteiger partial charge in [0, 0.05) is 16.2 Å². The molecule has 0 aliphatic rings. The fraction of sp³-hybridized carbons (Fsp3) is 0.188. The molecule has 0 unspecified atom stereocenters. The maximum atomic E-state index is 12.2. The Balaban J connectivity index is 2.17. The van der Waals surface area contributed by atoms with Crippen molar-refractivity contribution in [2.75, 3.05) is 12.4 Å². The quantitative estimate of drug-likeness (QED) is 0.577. The zero-order valence-electron chi connectivity index (χ0n) is 12.9. The number of aldehydes is 1. The van der Waals surface area contributed by atoms with Crippen LogP contribution in [0.5, 0.6) is 11.5 Å². The molecule has 8 heteroatoms. The van der Waals surface area contributed by atoms with Crippen molar-refractivity contribution in [3.8, 4) is 11.5 Å². The number of hydrogen-bond acceptors (Lipinski definition) is 5. The first kappa shape index (κ1) is 18.2. The maximum absolute atomic E-state index is 12.2. The number of nitrogens with one attached hydrogen (secondary N) is 1. The average molecular weight is 414 g/mol. The number of methoxy groups -OCH3 is 1. The van der Waals surface area contributed by atoms with Gasteiger partial charge in [-0.3, -0.25) is 9.59 Å². The van der Waals surface area contributed by atoms with E-state index >= 15 is 0 Å². The number of amides is 1. The standard InChI is InChI=1S/C16H14BrClN2O4/c1-9(16(22)20-12-4-3-5-19-15(12)18)24-14-6-10(8-21)11(17)7-13(14)23-2/h3-9H,1-2H3,(H,20,22)/t9-/m0/s1. The molecule has 1 N–H and O–H groups in total. The molecule has 0 bridgehead atoms. The van der Waals surface area contributed by atoms with Crippen LogP contribution >= 0.6 is 27.5 Å². The summed E-state index contributed by atoms with van der Waals surface area (Å²) in [6.45, 7) is 1.57. The monoisotopic (exact) mass is 412 g/mol. The average Bonchev–Trinajstić information content (AvgIpc) is 2.57. The van der Waals surface area contributed by atoms with Crippen LogP contribution in [0, 0.1) is 0 Å². The second kappa shape index (κ2) is 8.12. The molecule has 1 aromatic carbocycles. The number of hydrogen-bond donors (Lipinski definition) is 1. The van der Waals surface area contributed by atoms with Crippen molar-refractivity contribution in [3.63, 3.8) is 0 Å². The third-order valence-corrected chi connectivity index (χ3v) is 4.09. The number of carbonyl (C=O) groups is 2. The van der Waals surface area contributed by atoms with E-state index in [1.54, 1.807) is 25.1 Å². The van der Waals surface area contributed by atoms with Crippen molar-refractivity contribution in [3.05, 3.63) is 45.7 Å². The molecule has 0 saturated carbocycles. The van der Waals surface area contributed by atoms with E-state index in [1.165, 1.54) is 19.4 Å². The number of carbonyl (C=O) groups excluding carboxylic acids is 2. The summed E-state index contributed by atoms with van der Waals surface area (Å²) in [6, 6.07) is 6.38. The van der Waals surface area contributed by atoms with Gasteiger partial charge in [0.05, 0.1) is 12.8 Å². The lowest BCUT2D eigenvalue weighted by molar-refractivity contribution is -0.122. The van der Waals surface area contributed by atoms with Gasteiger partial charge in [-0.25, -0.2) is 4.98 Å². The molecule has 1 amide bonds. The van der Waals surface area contributed by atoms with Crippen LogP contribution in [0.25, 0.3) is 0 Å². The van der Waals surface area contributed by atoms with E-state index in [0.29, 0.717) is 27.8 Å². The van der Waals surface area contributed by atoms with Gasteiger partial charge in [-0.15, -0.1) is 0 Å². The predicted octanol–water partition coefficient (Wildman–Crippen LogP) is 3.72. The molecular formula is C16H14BrClN2O4. The Morgan fingerprint density at radius 2 is 2.17 bits per heavy atom. The van der Waals surface area contributed by atoms with Crippen LogP contribution in [0.15, 0.2) is 34.9 Å². The Labute approximate surface area is 152 Å². The predicted molar refractivity (Wildman–Crippen MR) is 94.0 cm³/mol. The van der Waals surface area contributed by atoms with E-state index in [4.69, 9.17) is 21.1 Å². The lowest BCUT2D eigenvalue weighted by atomic mass is 10.2. The number of aromatic nitrogens is 1. The highest BCUT2D eigenvalue weighted by molar-refractivity contribution is 9.10. The van der Waals surface area contributed by atoms with Crippen molar-refractivity contribution in [2.24, 2.45) is 0 Å². The molecule has 0 spiro atoms. The van der Waals surface area contributed by atoms with Gasteiger partial charge in [0.2, 0.25) is 0 Å². The molecule has 0 radical (unpaired) electrons. The van der Waals surface area contributed by atoms with Gasteiger partial charge in [0.1, 0.15) is 0 Å². The third kappa shape index (κ3) is 4.24. The first-order valence-corrected chi connectivity index (χ1v) is 8.04. The number of nitrogens with zero attached hydrogens (tertiary/aromatic N) is 1. The van der Waals surface area contributed by atoms with Crippen LogP contribution in [-0.2, 0) is 4.79 Å². The summed E-state index contributed by atoms with van der Waals surface area (Å²) in [4.78, 5) is 27.2. The van der Waals surface area contributed by atoms with Crippen LogP contribution < -0.4 is 14.8 Å². The minimum atomic E-state index is -0.851. The number of ether oxygens (including phenoxy) is 2. The summed E-state index contributed by atoms with van der Waals surface area (Å²) in [5, 5.41) is 2.81. The first-order valence-electron chi connectivity index (χ1n) is 6.87. The Hall–Kier alpha value is -2.12. The molecule has 1 atom stereocenters. The molecule has 2 rings (SSSR count). The van der Waals surface area contributed by atoms with Crippen LogP contribution in [0.3, 0.4) is 0 Å². The van der Waals surface area contributed by atoms with Crippen molar-refractivity contribution in [2.45, 2.75) is 13.0 Å². The molecule has 6 nitrogen and oxygen atoms in total. The lowest BCUT2D eigenvalue weighted by Gasteiger charge is -2.17. The molecule has 1 heterocycles. The van der Waals surface area contributed by atoms with Crippen molar-refractivity contribution in [1.82, 2.24) is 4.98 Å². The van der Waals surface area contributed by atoms with Gasteiger partial charge in [-0.05, 0) is 47.1 Å². The topological polar surface area (TPSA) is 77.5 Å². The van der Waals surface area contributed by atoms with Gasteiger partial charge >= 0.3 is 0 Å². The summed E-state index contributed by atoms with van der Waals surface area (Å²) < 4.78 is 11.4. The van der Waals surface area contributed by atoms with Crippen molar-refractivity contribution in [1.29, 1.82) is 0 Å². The van der Waals surface area contributed by atoms with Gasteiger partial charge in [-0.2, -0.15) is 0 Å². The summed E-state index contributed by atoms with van der Waals surface area (Å²) in [7, 11) is 1.47. The molecule has 0 saturated heterocycles.